The summed E-state index contributed by atoms with van der Waals surface area (Å²) in [5, 5.41) is 12.6. The number of hydrogen-bond donors (Lipinski definition) is 1. The predicted molar refractivity (Wildman–Crippen MR) is 158 cm³/mol. The van der Waals surface area contributed by atoms with Crippen LogP contribution in [0.3, 0.4) is 0 Å². The van der Waals surface area contributed by atoms with Gasteiger partial charge >= 0.3 is 0 Å². The van der Waals surface area contributed by atoms with Crippen LogP contribution in [0.5, 0.6) is 0 Å². The molecule has 7 nitrogen and oxygen atoms in total. The Labute approximate surface area is 240 Å². The summed E-state index contributed by atoms with van der Waals surface area (Å²) in [6.07, 6.45) is 7.02. The van der Waals surface area contributed by atoms with Gasteiger partial charge in [-0.25, -0.2) is 17.5 Å². The SMILES string of the molecule is CCCc1n[nH]cc1S(=O)(=O)N1CCC(Cc2ccccc2)(c2cc3cnn(-c4ccc(F)cc4)c3cc2C)CC1. The Balaban J connectivity index is 1.37. The zero-order chi connectivity index (χ0) is 28.6. The van der Waals surface area contributed by atoms with Crippen LogP contribution in [0, 0.1) is 12.7 Å². The van der Waals surface area contributed by atoms with E-state index in [-0.39, 0.29) is 11.2 Å². The molecule has 212 valence electrons. The first-order valence-corrected chi connectivity index (χ1v) is 15.6. The van der Waals surface area contributed by atoms with Gasteiger partial charge in [-0.3, -0.25) is 5.10 Å². The topological polar surface area (TPSA) is 83.9 Å². The quantitative estimate of drug-likeness (QED) is 0.243. The third-order valence-corrected chi connectivity index (χ3v) is 10.4. The molecule has 3 aromatic carbocycles. The Hall–Kier alpha value is -3.82. The molecule has 1 fully saturated rings. The Morgan fingerprint density at radius 3 is 2.46 bits per heavy atom. The van der Waals surface area contributed by atoms with Crippen molar-refractivity contribution in [3.63, 3.8) is 0 Å². The molecule has 0 spiro atoms. The Bertz CT molecular complexity index is 1770. The van der Waals surface area contributed by atoms with E-state index < -0.39 is 10.0 Å². The van der Waals surface area contributed by atoms with E-state index in [0.29, 0.717) is 42.9 Å². The summed E-state index contributed by atoms with van der Waals surface area (Å²) in [5.41, 5.74) is 5.70. The van der Waals surface area contributed by atoms with Gasteiger partial charge in [0.15, 0.2) is 0 Å². The lowest BCUT2D eigenvalue weighted by molar-refractivity contribution is 0.230. The number of fused-ring (bicyclic) bond motifs is 1. The second-order valence-corrected chi connectivity index (χ2v) is 13.0. The number of hydrogen-bond acceptors (Lipinski definition) is 4. The van der Waals surface area contributed by atoms with E-state index in [0.717, 1.165) is 35.0 Å². The van der Waals surface area contributed by atoms with Crippen LogP contribution in [0.4, 0.5) is 4.39 Å². The van der Waals surface area contributed by atoms with Gasteiger partial charge in [-0.05, 0) is 85.7 Å². The molecule has 0 bridgehead atoms. The van der Waals surface area contributed by atoms with Crippen molar-refractivity contribution < 1.29 is 12.8 Å². The number of sulfonamides is 1. The van der Waals surface area contributed by atoms with Crippen molar-refractivity contribution in [2.45, 2.75) is 56.3 Å². The minimum Gasteiger partial charge on any atom is -0.284 e. The summed E-state index contributed by atoms with van der Waals surface area (Å²) >= 11 is 0. The lowest BCUT2D eigenvalue weighted by Crippen LogP contribution is -2.46. The molecule has 1 aliphatic rings. The van der Waals surface area contributed by atoms with Gasteiger partial charge in [0.1, 0.15) is 10.7 Å². The van der Waals surface area contributed by atoms with Crippen LogP contribution in [0.1, 0.15) is 48.6 Å². The molecule has 0 radical (unpaired) electrons. The van der Waals surface area contributed by atoms with Crippen LogP contribution in [-0.2, 0) is 28.3 Å². The molecule has 3 heterocycles. The van der Waals surface area contributed by atoms with E-state index in [9.17, 15) is 12.8 Å². The monoisotopic (exact) mass is 571 g/mol. The lowest BCUT2D eigenvalue weighted by Gasteiger charge is -2.43. The van der Waals surface area contributed by atoms with Crippen molar-refractivity contribution in [2.24, 2.45) is 0 Å². The molecule has 41 heavy (non-hydrogen) atoms. The number of piperidine rings is 1. The summed E-state index contributed by atoms with van der Waals surface area (Å²) in [6, 6.07) is 21.1. The number of rotatable bonds is 8. The fraction of sp³-hybridized carbons (Fsp3) is 0.312. The fourth-order valence-electron chi connectivity index (χ4n) is 6.31. The van der Waals surface area contributed by atoms with Gasteiger partial charge < -0.3 is 0 Å². The van der Waals surface area contributed by atoms with Crippen molar-refractivity contribution in [3.8, 4) is 5.69 Å². The van der Waals surface area contributed by atoms with Crippen LogP contribution >= 0.6 is 0 Å². The highest BCUT2D eigenvalue weighted by Gasteiger charge is 2.41. The maximum absolute atomic E-state index is 13.7. The van der Waals surface area contributed by atoms with Crippen molar-refractivity contribution in [1.82, 2.24) is 24.3 Å². The lowest BCUT2D eigenvalue weighted by atomic mass is 9.68. The Morgan fingerprint density at radius 1 is 1.02 bits per heavy atom. The summed E-state index contributed by atoms with van der Waals surface area (Å²) in [6.45, 7) is 5.00. The highest BCUT2D eigenvalue weighted by Crippen LogP contribution is 2.43. The van der Waals surface area contributed by atoms with Gasteiger partial charge in [-0.2, -0.15) is 14.5 Å². The standard InChI is InChI=1S/C32H34FN5O2S/c1-3-7-29-31(22-34-36-29)41(39,40)37-16-14-32(15-17-37,20-24-8-5-4-6-9-24)28-19-25-21-35-38(30(25)18-23(28)2)27-12-10-26(33)11-13-27/h4-6,8-13,18-19,21-22H,3,7,14-17,20H2,1-2H3,(H,34,36). The number of halogens is 1. The summed E-state index contributed by atoms with van der Waals surface area (Å²) in [4.78, 5) is 0.292. The molecule has 0 amide bonds. The molecule has 1 N–H and O–H groups in total. The zero-order valence-corrected chi connectivity index (χ0v) is 24.2. The van der Waals surface area contributed by atoms with Crippen LogP contribution in [0.25, 0.3) is 16.6 Å². The average Bonchev–Trinajstić information content (AvgIpc) is 3.61. The number of benzene rings is 3. The van der Waals surface area contributed by atoms with E-state index >= 15 is 0 Å². The first-order chi connectivity index (χ1) is 19.8. The largest absolute Gasteiger partial charge is 0.284 e. The minimum absolute atomic E-state index is 0.244. The maximum atomic E-state index is 13.7. The van der Waals surface area contributed by atoms with Crippen molar-refractivity contribution in [2.75, 3.05) is 13.1 Å². The fourth-order valence-corrected chi connectivity index (χ4v) is 7.89. The maximum Gasteiger partial charge on any atom is 0.246 e. The van der Waals surface area contributed by atoms with E-state index in [1.807, 2.05) is 23.9 Å². The summed E-state index contributed by atoms with van der Waals surface area (Å²) in [5.74, 6) is -0.283. The highest BCUT2D eigenvalue weighted by molar-refractivity contribution is 7.89. The first-order valence-electron chi connectivity index (χ1n) is 14.1. The number of aryl methyl sites for hydroxylation is 2. The molecule has 0 atom stereocenters. The average molecular weight is 572 g/mol. The third kappa shape index (κ3) is 5.08. The number of H-pyrrole nitrogens is 1. The number of aromatic amines is 1. The highest BCUT2D eigenvalue weighted by atomic mass is 32.2. The van der Waals surface area contributed by atoms with Crippen LogP contribution in [-0.4, -0.2) is 45.8 Å². The molecule has 0 saturated carbocycles. The van der Waals surface area contributed by atoms with Gasteiger partial charge in [-0.1, -0.05) is 43.7 Å². The molecule has 9 heteroatoms. The van der Waals surface area contributed by atoms with Crippen molar-refractivity contribution >= 4 is 20.9 Å². The second kappa shape index (κ2) is 10.9. The molecular formula is C32H34FN5O2S. The molecule has 5 aromatic rings. The second-order valence-electron chi connectivity index (χ2n) is 11.1. The number of nitrogens with one attached hydrogen (secondary N) is 1. The van der Waals surface area contributed by atoms with E-state index in [2.05, 4.69) is 58.6 Å². The van der Waals surface area contributed by atoms with Crippen LogP contribution in [0.15, 0.2) is 84.0 Å². The van der Waals surface area contributed by atoms with Crippen LogP contribution < -0.4 is 0 Å². The van der Waals surface area contributed by atoms with Gasteiger partial charge in [-0.15, -0.1) is 0 Å². The van der Waals surface area contributed by atoms with Crippen molar-refractivity contribution in [3.05, 3.63) is 107 Å². The molecule has 1 aliphatic heterocycles. The Morgan fingerprint density at radius 2 is 1.76 bits per heavy atom. The summed E-state index contributed by atoms with van der Waals surface area (Å²) in [7, 11) is -3.65. The molecule has 0 unspecified atom stereocenters. The van der Waals surface area contributed by atoms with Crippen molar-refractivity contribution in [1.29, 1.82) is 0 Å². The molecule has 2 aromatic heterocycles. The van der Waals surface area contributed by atoms with E-state index in [1.165, 1.54) is 29.5 Å². The van der Waals surface area contributed by atoms with E-state index in [1.54, 1.807) is 16.4 Å². The molecular weight excluding hydrogens is 537 g/mol. The van der Waals surface area contributed by atoms with E-state index in [4.69, 9.17) is 0 Å². The Kier molecular flexibility index (Phi) is 7.25. The van der Waals surface area contributed by atoms with Gasteiger partial charge in [0.05, 0.1) is 23.1 Å². The predicted octanol–water partition coefficient (Wildman–Crippen LogP) is 6.11. The molecule has 6 rings (SSSR count). The summed E-state index contributed by atoms with van der Waals surface area (Å²) < 4.78 is 44.4. The number of nitrogens with zero attached hydrogens (tertiary/aromatic N) is 4. The smallest absolute Gasteiger partial charge is 0.246 e. The molecule has 0 aliphatic carbocycles. The molecule has 1 saturated heterocycles. The van der Waals surface area contributed by atoms with Gasteiger partial charge in [0, 0.05) is 30.1 Å². The van der Waals surface area contributed by atoms with Gasteiger partial charge in [0.2, 0.25) is 10.0 Å². The number of aromatic nitrogens is 4. The van der Waals surface area contributed by atoms with Gasteiger partial charge in [0.25, 0.3) is 0 Å². The zero-order valence-electron chi connectivity index (χ0n) is 23.3. The minimum atomic E-state index is -3.65. The van der Waals surface area contributed by atoms with Crippen LogP contribution in [0.2, 0.25) is 0 Å². The normalized spacial score (nSPS) is 15.9. The first kappa shape index (κ1) is 27.4. The third-order valence-electron chi connectivity index (χ3n) is 8.41.